The van der Waals surface area contributed by atoms with Crippen molar-refractivity contribution in [1.29, 1.82) is 0 Å². The van der Waals surface area contributed by atoms with Crippen LogP contribution in [-0.2, 0) is 0 Å². The minimum absolute atomic E-state index is 0.0764. The molecule has 5 heteroatoms. The summed E-state index contributed by atoms with van der Waals surface area (Å²) in [6.45, 7) is 0. The lowest BCUT2D eigenvalue weighted by Crippen LogP contribution is -2.12. The first kappa shape index (κ1) is 10.6. The molecule has 0 aliphatic carbocycles. The van der Waals surface area contributed by atoms with Crippen LogP contribution in [0.3, 0.4) is 0 Å². The minimum atomic E-state index is -0.382. The molecule has 0 amide bonds. The van der Waals surface area contributed by atoms with Crippen molar-refractivity contribution in [2.24, 2.45) is 0 Å². The van der Waals surface area contributed by atoms with Crippen LogP contribution in [0.5, 0.6) is 5.75 Å². The molecule has 1 aromatic heterocycles. The first-order valence-electron chi connectivity index (χ1n) is 4.55. The molecular weight excluding hydrogens is 228 g/mol. The third kappa shape index (κ3) is 1.87. The predicted molar refractivity (Wildman–Crippen MR) is 63.6 cm³/mol. The van der Waals surface area contributed by atoms with E-state index in [4.69, 9.17) is 22.4 Å². The highest BCUT2D eigenvalue weighted by Crippen LogP contribution is 2.26. The van der Waals surface area contributed by atoms with Crippen molar-refractivity contribution in [2.45, 2.75) is 0 Å². The molecule has 0 spiro atoms. The molecule has 0 aliphatic heterocycles. The molecule has 0 bridgehead atoms. The van der Waals surface area contributed by atoms with Gasteiger partial charge in [-0.3, -0.25) is 4.79 Å². The fourth-order valence-electron chi connectivity index (χ4n) is 1.36. The van der Waals surface area contributed by atoms with E-state index in [0.717, 1.165) is 0 Å². The summed E-state index contributed by atoms with van der Waals surface area (Å²) in [4.78, 5) is 13.9. The number of halogens is 1. The fourth-order valence-corrected chi connectivity index (χ4v) is 1.63. The number of pyridine rings is 1. The van der Waals surface area contributed by atoms with Crippen LogP contribution in [0.15, 0.2) is 35.1 Å². The van der Waals surface area contributed by atoms with Crippen molar-refractivity contribution in [3.8, 4) is 17.0 Å². The summed E-state index contributed by atoms with van der Waals surface area (Å²) in [5.74, 6) is 0.151. The molecule has 0 unspecified atom stereocenters. The van der Waals surface area contributed by atoms with Gasteiger partial charge in [0, 0.05) is 0 Å². The zero-order chi connectivity index (χ0) is 11.7. The number of rotatable bonds is 1. The summed E-state index contributed by atoms with van der Waals surface area (Å²) in [7, 11) is 0. The van der Waals surface area contributed by atoms with Gasteiger partial charge in [-0.25, -0.2) is 0 Å². The Balaban J connectivity index is 2.60. The molecule has 0 fully saturated rings. The molecule has 82 valence electrons. The highest BCUT2D eigenvalue weighted by Gasteiger charge is 2.06. The zero-order valence-electron chi connectivity index (χ0n) is 8.20. The van der Waals surface area contributed by atoms with Crippen LogP contribution in [0.25, 0.3) is 11.3 Å². The summed E-state index contributed by atoms with van der Waals surface area (Å²) in [5, 5.41) is 9.51. The normalized spacial score (nSPS) is 10.3. The third-order valence-corrected chi connectivity index (χ3v) is 2.48. The van der Waals surface area contributed by atoms with Crippen LogP contribution in [0.1, 0.15) is 0 Å². The molecule has 0 saturated carbocycles. The maximum absolute atomic E-state index is 11.3. The standard InChI is InChI=1S/C11H9ClN2O2/c12-8-5-9(13)11(16)14-10(8)6-1-3-7(15)4-2-6/h1-5,15H,13H2,(H,14,16). The Morgan fingerprint density at radius 2 is 1.88 bits per heavy atom. The quantitative estimate of drug-likeness (QED) is 0.708. The van der Waals surface area contributed by atoms with E-state index in [1.807, 2.05) is 0 Å². The number of phenolic OH excluding ortho intramolecular Hbond substituents is 1. The topological polar surface area (TPSA) is 79.1 Å². The van der Waals surface area contributed by atoms with Crippen LogP contribution < -0.4 is 11.3 Å². The van der Waals surface area contributed by atoms with Crippen molar-refractivity contribution >= 4 is 17.3 Å². The average Bonchev–Trinajstić information content (AvgIpc) is 2.25. The van der Waals surface area contributed by atoms with E-state index in [1.54, 1.807) is 12.1 Å². The van der Waals surface area contributed by atoms with Crippen molar-refractivity contribution in [3.05, 3.63) is 45.7 Å². The van der Waals surface area contributed by atoms with E-state index >= 15 is 0 Å². The smallest absolute Gasteiger partial charge is 0.271 e. The zero-order valence-corrected chi connectivity index (χ0v) is 8.95. The van der Waals surface area contributed by atoms with Crippen LogP contribution in [0, 0.1) is 0 Å². The molecule has 0 radical (unpaired) electrons. The van der Waals surface area contributed by atoms with Crippen molar-refractivity contribution < 1.29 is 5.11 Å². The van der Waals surface area contributed by atoms with Gasteiger partial charge < -0.3 is 15.8 Å². The molecular formula is C11H9ClN2O2. The number of hydrogen-bond acceptors (Lipinski definition) is 3. The second-order valence-corrected chi connectivity index (χ2v) is 3.73. The first-order valence-corrected chi connectivity index (χ1v) is 4.93. The lowest BCUT2D eigenvalue weighted by molar-refractivity contribution is 0.475. The number of aromatic amines is 1. The number of aromatic nitrogens is 1. The Morgan fingerprint density at radius 3 is 2.50 bits per heavy atom. The van der Waals surface area contributed by atoms with E-state index in [9.17, 15) is 4.79 Å². The lowest BCUT2D eigenvalue weighted by Gasteiger charge is -2.05. The van der Waals surface area contributed by atoms with Gasteiger partial charge in [-0.2, -0.15) is 0 Å². The van der Waals surface area contributed by atoms with Crippen LogP contribution in [0.2, 0.25) is 5.02 Å². The van der Waals surface area contributed by atoms with E-state index in [-0.39, 0.29) is 17.0 Å². The maximum Gasteiger partial charge on any atom is 0.271 e. The molecule has 0 atom stereocenters. The van der Waals surface area contributed by atoms with Gasteiger partial charge in [-0.1, -0.05) is 11.6 Å². The molecule has 0 saturated heterocycles. The Kier molecular flexibility index (Phi) is 2.58. The van der Waals surface area contributed by atoms with Gasteiger partial charge in [0.25, 0.3) is 5.56 Å². The largest absolute Gasteiger partial charge is 0.508 e. The van der Waals surface area contributed by atoms with Gasteiger partial charge in [0.15, 0.2) is 0 Å². The number of nitrogens with two attached hydrogens (primary N) is 1. The SMILES string of the molecule is Nc1cc(Cl)c(-c2ccc(O)cc2)[nH]c1=O. The summed E-state index contributed by atoms with van der Waals surface area (Å²) < 4.78 is 0. The molecule has 2 aromatic rings. The first-order chi connectivity index (χ1) is 7.58. The fraction of sp³-hybridized carbons (Fsp3) is 0. The van der Waals surface area contributed by atoms with Crippen LogP contribution in [-0.4, -0.2) is 10.1 Å². The average molecular weight is 237 g/mol. The lowest BCUT2D eigenvalue weighted by atomic mass is 10.1. The number of benzene rings is 1. The second kappa shape index (κ2) is 3.90. The highest BCUT2D eigenvalue weighted by molar-refractivity contribution is 6.33. The van der Waals surface area contributed by atoms with Crippen molar-refractivity contribution in [1.82, 2.24) is 4.98 Å². The summed E-state index contributed by atoms with van der Waals surface area (Å²) >= 11 is 5.96. The van der Waals surface area contributed by atoms with Crippen molar-refractivity contribution in [2.75, 3.05) is 5.73 Å². The van der Waals surface area contributed by atoms with Gasteiger partial charge in [0.2, 0.25) is 0 Å². The summed E-state index contributed by atoms with van der Waals surface area (Å²) in [6.07, 6.45) is 0. The third-order valence-electron chi connectivity index (χ3n) is 2.18. The molecule has 2 rings (SSSR count). The van der Waals surface area contributed by atoms with Gasteiger partial charge in [0.1, 0.15) is 5.75 Å². The number of hydrogen-bond donors (Lipinski definition) is 3. The minimum Gasteiger partial charge on any atom is -0.508 e. The van der Waals surface area contributed by atoms with Gasteiger partial charge >= 0.3 is 0 Å². The van der Waals surface area contributed by atoms with E-state index in [2.05, 4.69) is 4.98 Å². The number of nitrogens with one attached hydrogen (secondary N) is 1. The number of phenols is 1. The van der Waals surface area contributed by atoms with Gasteiger partial charge in [0.05, 0.1) is 16.4 Å². The van der Waals surface area contributed by atoms with E-state index < -0.39 is 0 Å². The Morgan fingerprint density at radius 1 is 1.25 bits per heavy atom. The molecule has 0 aliphatic rings. The molecule has 1 heterocycles. The van der Waals surface area contributed by atoms with Gasteiger partial charge in [-0.05, 0) is 35.9 Å². The van der Waals surface area contributed by atoms with E-state index in [1.165, 1.54) is 18.2 Å². The number of nitrogen functional groups attached to an aromatic ring is 1. The van der Waals surface area contributed by atoms with Crippen LogP contribution in [0.4, 0.5) is 5.69 Å². The van der Waals surface area contributed by atoms with E-state index in [0.29, 0.717) is 16.3 Å². The molecule has 4 nitrogen and oxygen atoms in total. The second-order valence-electron chi connectivity index (χ2n) is 3.32. The van der Waals surface area contributed by atoms with Crippen LogP contribution >= 0.6 is 11.6 Å². The Bertz CT molecular complexity index is 576. The molecule has 1 aromatic carbocycles. The Labute approximate surface area is 96.3 Å². The highest BCUT2D eigenvalue weighted by atomic mass is 35.5. The number of aromatic hydroxyl groups is 1. The molecule has 4 N–H and O–H groups in total. The number of anilines is 1. The molecule has 16 heavy (non-hydrogen) atoms. The maximum atomic E-state index is 11.3. The summed E-state index contributed by atoms with van der Waals surface area (Å²) in [5.41, 5.74) is 6.31. The Hall–Kier alpha value is -1.94. The van der Waals surface area contributed by atoms with Gasteiger partial charge in [-0.15, -0.1) is 0 Å². The van der Waals surface area contributed by atoms with Crippen molar-refractivity contribution in [3.63, 3.8) is 0 Å². The number of H-pyrrole nitrogens is 1. The predicted octanol–water partition coefficient (Wildman–Crippen LogP) is 1.98. The monoisotopic (exact) mass is 236 g/mol. The summed E-state index contributed by atoms with van der Waals surface area (Å²) in [6, 6.07) is 7.74.